The van der Waals surface area contributed by atoms with Crippen molar-refractivity contribution in [3.63, 3.8) is 0 Å². The first kappa shape index (κ1) is 21.8. The minimum atomic E-state index is -1.13. The van der Waals surface area contributed by atoms with E-state index in [0.29, 0.717) is 18.4 Å². The van der Waals surface area contributed by atoms with Gasteiger partial charge in [-0.2, -0.15) is 0 Å². The fraction of sp³-hybridized carbons (Fsp3) is 0.545. The van der Waals surface area contributed by atoms with Crippen LogP contribution >= 0.6 is 0 Å². The zero-order chi connectivity index (χ0) is 21.7. The number of carbonyl (C=O) groups is 4. The van der Waals surface area contributed by atoms with E-state index in [4.69, 9.17) is 4.74 Å². The molecule has 1 aromatic carbocycles. The van der Waals surface area contributed by atoms with Gasteiger partial charge < -0.3 is 15.4 Å². The molecule has 1 saturated carbocycles. The average molecular weight is 415 g/mol. The van der Waals surface area contributed by atoms with E-state index in [2.05, 4.69) is 10.6 Å². The fourth-order valence-electron chi connectivity index (χ4n) is 3.84. The number of rotatable bonds is 10. The second kappa shape index (κ2) is 9.28. The summed E-state index contributed by atoms with van der Waals surface area (Å²) in [6, 6.07) is 8.21. The fourth-order valence-corrected chi connectivity index (χ4v) is 3.84. The molecular formula is C22H29N3O5. The Kier molecular flexibility index (Phi) is 6.74. The molecule has 1 atom stereocenters. The molecule has 1 heterocycles. The summed E-state index contributed by atoms with van der Waals surface area (Å²) in [6.45, 7) is 3.35. The molecule has 0 unspecified atom stereocenters. The minimum absolute atomic E-state index is 0.108. The molecule has 2 N–H and O–H groups in total. The molecule has 0 aromatic heterocycles. The zero-order valence-electron chi connectivity index (χ0n) is 17.5. The summed E-state index contributed by atoms with van der Waals surface area (Å²) < 4.78 is 5.45. The molecule has 8 heteroatoms. The van der Waals surface area contributed by atoms with Gasteiger partial charge in [0.05, 0.1) is 0 Å². The van der Waals surface area contributed by atoms with E-state index in [1.807, 2.05) is 13.8 Å². The van der Waals surface area contributed by atoms with Crippen LogP contribution in [0.3, 0.4) is 0 Å². The summed E-state index contributed by atoms with van der Waals surface area (Å²) in [7, 11) is 0. The molecule has 1 aromatic rings. The van der Waals surface area contributed by atoms with Gasteiger partial charge in [0.15, 0.2) is 0 Å². The van der Waals surface area contributed by atoms with Gasteiger partial charge in [0.25, 0.3) is 11.8 Å². The predicted molar refractivity (Wildman–Crippen MR) is 109 cm³/mol. The second-order valence-corrected chi connectivity index (χ2v) is 7.97. The smallest absolute Gasteiger partial charge is 0.327 e. The summed E-state index contributed by atoms with van der Waals surface area (Å²) >= 11 is 0. The highest BCUT2D eigenvalue weighted by molar-refractivity contribution is 6.08. The number of imide groups is 1. The summed E-state index contributed by atoms with van der Waals surface area (Å²) in [4.78, 5) is 51.5. The standard InChI is InChI=1S/C22H29N3O5/c1-3-12-22(13-4-2)20(28)25(21(29)24-22)14-17(26)30-18(15-8-6-5-7-9-15)19(27)23-16-10-11-16/h5-9,16,18H,3-4,10-14H2,1-2H3,(H,23,27)(H,24,29)/t18-/m0/s1. The molecule has 8 nitrogen and oxygen atoms in total. The highest BCUT2D eigenvalue weighted by Gasteiger charge is 2.50. The van der Waals surface area contributed by atoms with E-state index >= 15 is 0 Å². The van der Waals surface area contributed by atoms with Crippen LogP contribution in [0.2, 0.25) is 0 Å². The monoisotopic (exact) mass is 415 g/mol. The topological polar surface area (TPSA) is 105 Å². The predicted octanol–water partition coefficient (Wildman–Crippen LogP) is 2.44. The van der Waals surface area contributed by atoms with Crippen molar-refractivity contribution in [2.45, 2.75) is 70.1 Å². The van der Waals surface area contributed by atoms with Crippen LogP contribution < -0.4 is 10.6 Å². The third kappa shape index (κ3) is 4.80. The summed E-state index contributed by atoms with van der Waals surface area (Å²) in [5, 5.41) is 5.61. The van der Waals surface area contributed by atoms with E-state index < -0.39 is 42.0 Å². The van der Waals surface area contributed by atoms with E-state index in [-0.39, 0.29) is 6.04 Å². The van der Waals surface area contributed by atoms with Gasteiger partial charge in [0.1, 0.15) is 12.1 Å². The van der Waals surface area contributed by atoms with Gasteiger partial charge in [-0.3, -0.25) is 19.3 Å². The van der Waals surface area contributed by atoms with Crippen LogP contribution in [0.4, 0.5) is 4.79 Å². The summed E-state index contributed by atoms with van der Waals surface area (Å²) in [6.07, 6.45) is 3.14. The van der Waals surface area contributed by atoms with Crippen molar-refractivity contribution in [2.24, 2.45) is 0 Å². The maximum atomic E-state index is 13.0. The molecule has 2 aliphatic rings. The Balaban J connectivity index is 1.71. The number of benzene rings is 1. The number of esters is 1. The van der Waals surface area contributed by atoms with Gasteiger partial charge in [-0.25, -0.2) is 4.79 Å². The average Bonchev–Trinajstić information content (AvgIpc) is 3.50. The molecule has 0 bridgehead atoms. The Morgan fingerprint density at radius 3 is 2.37 bits per heavy atom. The van der Waals surface area contributed by atoms with Crippen molar-refractivity contribution in [3.8, 4) is 0 Å². The lowest BCUT2D eigenvalue weighted by molar-refractivity contribution is -0.158. The Hall–Kier alpha value is -2.90. The minimum Gasteiger partial charge on any atom is -0.446 e. The van der Waals surface area contributed by atoms with E-state index in [1.165, 1.54) is 0 Å². The third-order valence-corrected chi connectivity index (χ3v) is 5.40. The van der Waals surface area contributed by atoms with Crippen LogP contribution in [-0.4, -0.2) is 46.8 Å². The third-order valence-electron chi connectivity index (χ3n) is 5.40. The number of amides is 4. The van der Waals surface area contributed by atoms with Crippen molar-refractivity contribution in [3.05, 3.63) is 35.9 Å². The highest BCUT2D eigenvalue weighted by Crippen LogP contribution is 2.28. The van der Waals surface area contributed by atoms with Gasteiger partial charge in [-0.05, 0) is 25.7 Å². The molecule has 3 rings (SSSR count). The molecule has 1 aliphatic heterocycles. The SMILES string of the molecule is CCCC1(CCC)NC(=O)N(CC(=O)O[C@H](C(=O)NC2CC2)c2ccccc2)C1=O. The normalized spacial score (nSPS) is 18.7. The van der Waals surface area contributed by atoms with Crippen LogP contribution in [-0.2, 0) is 19.1 Å². The molecule has 30 heavy (non-hydrogen) atoms. The summed E-state index contributed by atoms with van der Waals surface area (Å²) in [5.41, 5.74) is -0.434. The Labute approximate surface area is 176 Å². The highest BCUT2D eigenvalue weighted by atomic mass is 16.5. The molecule has 162 valence electrons. The van der Waals surface area contributed by atoms with Gasteiger partial charge >= 0.3 is 12.0 Å². The zero-order valence-corrected chi connectivity index (χ0v) is 17.5. The van der Waals surface area contributed by atoms with E-state index in [1.54, 1.807) is 30.3 Å². The first-order valence-electron chi connectivity index (χ1n) is 10.6. The first-order chi connectivity index (χ1) is 14.4. The molecule has 0 spiro atoms. The molecule has 2 fully saturated rings. The maximum Gasteiger partial charge on any atom is 0.327 e. The molecule has 1 aliphatic carbocycles. The number of nitrogens with zero attached hydrogens (tertiary/aromatic N) is 1. The van der Waals surface area contributed by atoms with Crippen molar-refractivity contribution < 1.29 is 23.9 Å². The Morgan fingerprint density at radius 1 is 1.17 bits per heavy atom. The number of urea groups is 1. The Morgan fingerprint density at radius 2 is 1.80 bits per heavy atom. The van der Waals surface area contributed by atoms with Crippen LogP contribution in [0.1, 0.15) is 64.0 Å². The maximum absolute atomic E-state index is 13.0. The van der Waals surface area contributed by atoms with Gasteiger partial charge in [-0.15, -0.1) is 0 Å². The van der Waals surface area contributed by atoms with Crippen LogP contribution in [0.15, 0.2) is 30.3 Å². The Bertz CT molecular complexity index is 800. The first-order valence-corrected chi connectivity index (χ1v) is 10.6. The lowest BCUT2D eigenvalue weighted by Crippen LogP contribution is -2.47. The van der Waals surface area contributed by atoms with Crippen molar-refractivity contribution in [2.75, 3.05) is 6.54 Å². The van der Waals surface area contributed by atoms with E-state index in [9.17, 15) is 19.2 Å². The largest absolute Gasteiger partial charge is 0.446 e. The van der Waals surface area contributed by atoms with Gasteiger partial charge in [-0.1, -0.05) is 57.0 Å². The molecule has 4 amide bonds. The van der Waals surface area contributed by atoms with Crippen LogP contribution in [0, 0.1) is 0 Å². The van der Waals surface area contributed by atoms with Crippen LogP contribution in [0.25, 0.3) is 0 Å². The van der Waals surface area contributed by atoms with Gasteiger partial charge in [0.2, 0.25) is 6.10 Å². The number of hydrogen-bond acceptors (Lipinski definition) is 5. The number of ether oxygens (including phenoxy) is 1. The number of carbonyl (C=O) groups excluding carboxylic acids is 4. The van der Waals surface area contributed by atoms with E-state index in [0.717, 1.165) is 30.6 Å². The molecular weight excluding hydrogens is 386 g/mol. The number of hydrogen-bond donors (Lipinski definition) is 2. The number of nitrogens with one attached hydrogen (secondary N) is 2. The molecule has 1 saturated heterocycles. The lowest BCUT2D eigenvalue weighted by atomic mass is 9.88. The van der Waals surface area contributed by atoms with Crippen molar-refractivity contribution in [1.29, 1.82) is 0 Å². The van der Waals surface area contributed by atoms with Gasteiger partial charge in [0, 0.05) is 11.6 Å². The van der Waals surface area contributed by atoms with Crippen molar-refractivity contribution in [1.82, 2.24) is 15.5 Å². The van der Waals surface area contributed by atoms with Crippen LogP contribution in [0.5, 0.6) is 0 Å². The quantitative estimate of drug-likeness (QED) is 0.451. The molecule has 0 radical (unpaired) electrons. The lowest BCUT2D eigenvalue weighted by Gasteiger charge is -2.25. The van der Waals surface area contributed by atoms with Crippen molar-refractivity contribution >= 4 is 23.8 Å². The summed E-state index contributed by atoms with van der Waals surface area (Å²) in [5.74, 6) is -1.62. The second-order valence-electron chi connectivity index (χ2n) is 7.97.